The van der Waals surface area contributed by atoms with Crippen LogP contribution in [0.25, 0.3) is 0 Å². The minimum atomic E-state index is -1.12. The third-order valence-electron chi connectivity index (χ3n) is 6.20. The molecule has 0 radical (unpaired) electrons. The number of ether oxygens (including phenoxy) is 1. The van der Waals surface area contributed by atoms with Crippen LogP contribution in [0, 0.1) is 11.3 Å². The van der Waals surface area contributed by atoms with Gasteiger partial charge in [0.2, 0.25) is 11.8 Å². The smallest absolute Gasteiger partial charge is 0.337 e. The summed E-state index contributed by atoms with van der Waals surface area (Å²) in [6.45, 7) is 6.09. The van der Waals surface area contributed by atoms with E-state index < -0.39 is 47.3 Å². The van der Waals surface area contributed by atoms with E-state index in [1.807, 2.05) is 39.8 Å². The van der Waals surface area contributed by atoms with Gasteiger partial charge in [0.1, 0.15) is 18.7 Å². The molecule has 4 atom stereocenters. The number of hydrogen-bond donors (Lipinski definition) is 3. The molecule has 1 fully saturated rings. The number of nitrogens with two attached hydrogens (primary N) is 1. The number of aromatic carboxylic acids is 1. The molecule has 4 unspecified atom stereocenters. The molecule has 2 amide bonds. The van der Waals surface area contributed by atoms with Gasteiger partial charge in [-0.25, -0.2) is 4.79 Å². The number of Topliss-reactive ketones (excluding diaryl/α,β-unsaturated/α-hetero) is 1. The van der Waals surface area contributed by atoms with Crippen LogP contribution in [0.3, 0.4) is 0 Å². The van der Waals surface area contributed by atoms with Crippen LogP contribution in [0.4, 0.5) is 0 Å². The first-order chi connectivity index (χ1) is 14.8. The third-order valence-corrected chi connectivity index (χ3v) is 6.20. The first kappa shape index (κ1) is 25.5. The Balaban J connectivity index is 2.33. The molecule has 0 saturated carbocycles. The Morgan fingerprint density at radius 3 is 2.56 bits per heavy atom. The number of carbonyl (C=O) groups is 4. The Labute approximate surface area is 188 Å². The monoisotopic (exact) mass is 450 g/mol. The normalized spacial score (nSPS) is 20.9. The van der Waals surface area contributed by atoms with Gasteiger partial charge < -0.3 is 30.4 Å². The highest BCUT2D eigenvalue weighted by molar-refractivity contribution is 5.93. The van der Waals surface area contributed by atoms with Crippen molar-refractivity contribution in [1.82, 2.24) is 14.8 Å². The molecule has 0 bridgehead atoms. The highest BCUT2D eigenvalue weighted by Gasteiger charge is 2.42. The fraction of sp³-hybridized carbons (Fsp3) is 0.636. The maximum atomic E-state index is 13.5. The summed E-state index contributed by atoms with van der Waals surface area (Å²) in [6, 6.07) is -0.244. The molecule has 32 heavy (non-hydrogen) atoms. The highest BCUT2D eigenvalue weighted by atomic mass is 16.5. The molecular formula is C22H34N4O6. The summed E-state index contributed by atoms with van der Waals surface area (Å²) in [5.41, 5.74) is 4.78. The van der Waals surface area contributed by atoms with E-state index in [1.54, 1.807) is 0 Å². The van der Waals surface area contributed by atoms with Crippen LogP contribution < -0.4 is 11.1 Å². The van der Waals surface area contributed by atoms with Gasteiger partial charge in [-0.05, 0) is 37.9 Å². The SMILES string of the molecule is CC(C(C(=O)NC1C(=O)COC1CCN(C)C)n1ccc(C(=O)O)c1)C(C)(C)CC(N)=O. The van der Waals surface area contributed by atoms with Crippen molar-refractivity contribution >= 4 is 23.6 Å². The van der Waals surface area contributed by atoms with E-state index >= 15 is 0 Å². The fourth-order valence-electron chi connectivity index (χ4n) is 4.00. The van der Waals surface area contributed by atoms with Crippen molar-refractivity contribution in [3.63, 3.8) is 0 Å². The average Bonchev–Trinajstić information content (AvgIpc) is 3.27. The van der Waals surface area contributed by atoms with Crippen molar-refractivity contribution in [2.24, 2.45) is 17.1 Å². The molecule has 178 valence electrons. The molecule has 10 nitrogen and oxygen atoms in total. The van der Waals surface area contributed by atoms with Crippen molar-refractivity contribution in [2.45, 2.75) is 51.8 Å². The standard InChI is InChI=1S/C22H34N4O6/c1-13(22(2,3)10-17(23)28)19(26-9-6-14(11-26)21(30)31)20(29)24-18-15(27)12-32-16(18)7-8-25(4)5/h6,9,11,13,16,18-19H,7-8,10,12H2,1-5H3,(H2,23,28)(H,24,29)(H,30,31). The van der Waals surface area contributed by atoms with Gasteiger partial charge in [-0.3, -0.25) is 14.4 Å². The van der Waals surface area contributed by atoms with Crippen LogP contribution in [-0.4, -0.2) is 77.5 Å². The molecule has 1 aromatic heterocycles. The van der Waals surface area contributed by atoms with Crippen LogP contribution in [0.1, 0.15) is 50.0 Å². The van der Waals surface area contributed by atoms with Crippen LogP contribution in [0.5, 0.6) is 0 Å². The Hall–Kier alpha value is -2.72. The lowest BCUT2D eigenvalue weighted by Crippen LogP contribution is -2.50. The van der Waals surface area contributed by atoms with Gasteiger partial charge in [0.25, 0.3) is 0 Å². The van der Waals surface area contributed by atoms with E-state index in [2.05, 4.69) is 5.32 Å². The van der Waals surface area contributed by atoms with E-state index in [0.717, 1.165) is 0 Å². The number of nitrogens with zero attached hydrogens (tertiary/aromatic N) is 2. The van der Waals surface area contributed by atoms with Gasteiger partial charge in [0.15, 0.2) is 5.78 Å². The first-order valence-corrected chi connectivity index (χ1v) is 10.6. The molecule has 1 saturated heterocycles. The number of ketones is 1. The highest BCUT2D eigenvalue weighted by Crippen LogP contribution is 2.38. The summed E-state index contributed by atoms with van der Waals surface area (Å²) in [4.78, 5) is 50.8. The van der Waals surface area contributed by atoms with E-state index in [1.165, 1.54) is 23.0 Å². The van der Waals surface area contributed by atoms with Gasteiger partial charge in [0, 0.05) is 25.4 Å². The molecule has 1 aliphatic rings. The lowest BCUT2D eigenvalue weighted by molar-refractivity contribution is -0.132. The van der Waals surface area contributed by atoms with Crippen molar-refractivity contribution in [3.05, 3.63) is 24.0 Å². The van der Waals surface area contributed by atoms with E-state index in [4.69, 9.17) is 10.5 Å². The number of primary amides is 1. The maximum absolute atomic E-state index is 13.5. The zero-order chi connectivity index (χ0) is 24.2. The summed E-state index contributed by atoms with van der Waals surface area (Å²) in [7, 11) is 3.82. The van der Waals surface area contributed by atoms with E-state index in [0.29, 0.717) is 13.0 Å². The van der Waals surface area contributed by atoms with Gasteiger partial charge >= 0.3 is 5.97 Å². The number of hydrogen-bond acceptors (Lipinski definition) is 6. The lowest BCUT2D eigenvalue weighted by Gasteiger charge is -2.37. The van der Waals surface area contributed by atoms with Crippen LogP contribution in [-0.2, 0) is 19.1 Å². The van der Waals surface area contributed by atoms with Crippen LogP contribution in [0.2, 0.25) is 0 Å². The number of carboxylic acid groups (broad SMARTS) is 1. The van der Waals surface area contributed by atoms with Crippen molar-refractivity contribution < 1.29 is 29.0 Å². The molecule has 1 aliphatic heterocycles. The predicted octanol–water partition coefficient (Wildman–Crippen LogP) is 0.670. The summed E-state index contributed by atoms with van der Waals surface area (Å²) < 4.78 is 7.11. The number of nitrogens with one attached hydrogen (secondary N) is 1. The molecule has 0 aromatic carbocycles. The summed E-state index contributed by atoms with van der Waals surface area (Å²) in [5.74, 6) is -2.68. The number of rotatable bonds is 11. The fourth-order valence-corrected chi connectivity index (χ4v) is 4.00. The topological polar surface area (TPSA) is 144 Å². The van der Waals surface area contributed by atoms with Crippen LogP contribution >= 0.6 is 0 Å². The summed E-state index contributed by atoms with van der Waals surface area (Å²) in [6.07, 6.45) is 3.06. The third kappa shape index (κ3) is 6.17. The molecule has 0 spiro atoms. The summed E-state index contributed by atoms with van der Waals surface area (Å²) in [5, 5.41) is 12.1. The van der Waals surface area contributed by atoms with Crippen molar-refractivity contribution in [2.75, 3.05) is 27.2 Å². The largest absolute Gasteiger partial charge is 0.478 e. The predicted molar refractivity (Wildman–Crippen MR) is 117 cm³/mol. The molecular weight excluding hydrogens is 416 g/mol. The molecule has 10 heteroatoms. The summed E-state index contributed by atoms with van der Waals surface area (Å²) >= 11 is 0. The van der Waals surface area contributed by atoms with Gasteiger partial charge in [-0.2, -0.15) is 0 Å². The number of carbonyl (C=O) groups excluding carboxylic acids is 3. The van der Waals surface area contributed by atoms with E-state index in [9.17, 15) is 24.3 Å². The Bertz CT molecular complexity index is 862. The Morgan fingerprint density at radius 1 is 1.38 bits per heavy atom. The van der Waals surface area contributed by atoms with Gasteiger partial charge in [-0.15, -0.1) is 0 Å². The minimum Gasteiger partial charge on any atom is -0.478 e. The number of amides is 2. The lowest BCUT2D eigenvalue weighted by atomic mass is 9.73. The Kier molecular flexibility index (Phi) is 8.19. The molecule has 1 aromatic rings. The minimum absolute atomic E-state index is 0.0341. The second kappa shape index (κ2) is 10.3. The Morgan fingerprint density at radius 2 is 2.03 bits per heavy atom. The second-order valence-electron chi connectivity index (χ2n) is 9.41. The van der Waals surface area contributed by atoms with Crippen molar-refractivity contribution in [3.8, 4) is 0 Å². The molecule has 4 N–H and O–H groups in total. The second-order valence-corrected chi connectivity index (χ2v) is 9.41. The number of aromatic nitrogens is 1. The number of carboxylic acids is 1. The van der Waals surface area contributed by atoms with Crippen LogP contribution in [0.15, 0.2) is 18.5 Å². The van der Waals surface area contributed by atoms with Gasteiger partial charge in [0.05, 0.1) is 11.7 Å². The molecule has 2 heterocycles. The zero-order valence-electron chi connectivity index (χ0n) is 19.3. The van der Waals surface area contributed by atoms with E-state index in [-0.39, 0.29) is 24.4 Å². The molecule has 0 aliphatic carbocycles. The van der Waals surface area contributed by atoms with Crippen molar-refractivity contribution in [1.29, 1.82) is 0 Å². The first-order valence-electron chi connectivity index (χ1n) is 10.6. The quantitative estimate of drug-likeness (QED) is 0.449. The zero-order valence-corrected chi connectivity index (χ0v) is 19.3. The van der Waals surface area contributed by atoms with Gasteiger partial charge in [-0.1, -0.05) is 20.8 Å². The molecule has 2 rings (SSSR count). The maximum Gasteiger partial charge on any atom is 0.337 e. The average molecular weight is 451 g/mol.